The minimum atomic E-state index is -0.993. The summed E-state index contributed by atoms with van der Waals surface area (Å²) in [5, 5.41) is 16.0. The maximum atomic E-state index is 12.3. The molecule has 2 heterocycles. The molecule has 1 fully saturated rings. The molecule has 132 valence electrons. The van der Waals surface area contributed by atoms with Crippen molar-refractivity contribution >= 4 is 11.9 Å². The minimum absolute atomic E-state index is 0.187. The van der Waals surface area contributed by atoms with Gasteiger partial charge in [0.05, 0.1) is 18.2 Å². The first-order valence-electron chi connectivity index (χ1n) is 7.91. The van der Waals surface area contributed by atoms with E-state index in [1.165, 1.54) is 12.1 Å². The van der Waals surface area contributed by atoms with Gasteiger partial charge >= 0.3 is 5.97 Å². The Bertz CT molecular complexity index is 756. The molecular formula is C17H19N3O5. The Kier molecular flexibility index (Phi) is 4.99. The van der Waals surface area contributed by atoms with Crippen LogP contribution < -0.4 is 10.1 Å². The second-order valence-corrected chi connectivity index (χ2v) is 5.80. The second kappa shape index (κ2) is 7.35. The van der Waals surface area contributed by atoms with Crippen molar-refractivity contribution in [3.05, 3.63) is 47.8 Å². The number of amides is 1. The van der Waals surface area contributed by atoms with E-state index >= 15 is 0 Å². The molecule has 1 aromatic carbocycles. The largest absolute Gasteiger partial charge is 0.486 e. The van der Waals surface area contributed by atoms with Crippen LogP contribution in [0.25, 0.3) is 0 Å². The Morgan fingerprint density at radius 1 is 1.32 bits per heavy atom. The molecule has 1 aliphatic rings. The van der Waals surface area contributed by atoms with Gasteiger partial charge < -0.3 is 19.9 Å². The molecule has 0 saturated carbocycles. The predicted octanol–water partition coefficient (Wildman–Crippen LogP) is 1.08. The number of nitrogens with zero attached hydrogens (tertiary/aromatic N) is 2. The number of benzene rings is 1. The van der Waals surface area contributed by atoms with E-state index in [2.05, 4.69) is 10.4 Å². The van der Waals surface area contributed by atoms with Crippen molar-refractivity contribution in [3.63, 3.8) is 0 Å². The van der Waals surface area contributed by atoms with E-state index in [4.69, 9.17) is 14.6 Å². The van der Waals surface area contributed by atoms with Gasteiger partial charge in [-0.15, -0.1) is 0 Å². The number of aromatic carboxylic acids is 1. The van der Waals surface area contributed by atoms with Crippen LogP contribution in [0, 0.1) is 0 Å². The fourth-order valence-electron chi connectivity index (χ4n) is 2.62. The molecule has 8 heteroatoms. The first kappa shape index (κ1) is 17.0. The monoisotopic (exact) mass is 345 g/mol. The third-order valence-corrected chi connectivity index (χ3v) is 3.96. The zero-order chi connectivity index (χ0) is 17.8. The summed E-state index contributed by atoms with van der Waals surface area (Å²) >= 11 is 0. The molecule has 0 aliphatic carbocycles. The lowest BCUT2D eigenvalue weighted by molar-refractivity contribution is -0.0135. The summed E-state index contributed by atoms with van der Waals surface area (Å²) in [6.07, 6.45) is 1.96. The molecule has 2 atom stereocenters. The molecule has 0 unspecified atom stereocenters. The van der Waals surface area contributed by atoms with Crippen LogP contribution >= 0.6 is 0 Å². The van der Waals surface area contributed by atoms with E-state index in [0.29, 0.717) is 31.1 Å². The van der Waals surface area contributed by atoms with Crippen molar-refractivity contribution < 1.29 is 24.2 Å². The van der Waals surface area contributed by atoms with Crippen LogP contribution in [0.4, 0.5) is 0 Å². The SMILES string of the molecule is Cn1ccc(C(=O)N[C@@H]2CCOC[C@H]2Oc2ccc(C(=O)O)cc2)n1. The van der Waals surface area contributed by atoms with Gasteiger partial charge in [0.1, 0.15) is 17.5 Å². The summed E-state index contributed by atoms with van der Waals surface area (Å²) in [6, 6.07) is 7.56. The molecule has 0 spiro atoms. The Balaban J connectivity index is 1.66. The number of carboxylic acids is 1. The molecule has 0 radical (unpaired) electrons. The molecule has 1 saturated heterocycles. The summed E-state index contributed by atoms with van der Waals surface area (Å²) in [6.45, 7) is 0.874. The lowest BCUT2D eigenvalue weighted by Crippen LogP contribution is -2.51. The predicted molar refractivity (Wildman–Crippen MR) is 87.7 cm³/mol. The number of aromatic nitrogens is 2. The molecule has 0 bridgehead atoms. The molecule has 8 nitrogen and oxygen atoms in total. The Morgan fingerprint density at radius 3 is 2.72 bits per heavy atom. The lowest BCUT2D eigenvalue weighted by atomic mass is 10.1. The van der Waals surface area contributed by atoms with Gasteiger partial charge in [-0.05, 0) is 36.8 Å². The molecule has 1 amide bonds. The van der Waals surface area contributed by atoms with Crippen LogP contribution in [0.1, 0.15) is 27.3 Å². The number of carboxylic acid groups (broad SMARTS) is 1. The van der Waals surface area contributed by atoms with Crippen LogP contribution in [-0.2, 0) is 11.8 Å². The van der Waals surface area contributed by atoms with Crippen molar-refractivity contribution in [1.29, 1.82) is 0 Å². The standard InChI is InChI=1S/C17H19N3O5/c1-20-8-6-14(19-20)16(21)18-13-7-9-24-10-15(13)25-12-4-2-11(3-5-12)17(22)23/h2-6,8,13,15H,7,9-10H2,1H3,(H,18,21)(H,22,23)/t13-,15-/m1/s1. The maximum Gasteiger partial charge on any atom is 0.335 e. The number of nitrogens with one attached hydrogen (secondary N) is 1. The fraction of sp³-hybridized carbons (Fsp3) is 0.353. The van der Waals surface area contributed by atoms with Crippen LogP contribution in [0.3, 0.4) is 0 Å². The van der Waals surface area contributed by atoms with Crippen LogP contribution in [0.5, 0.6) is 5.75 Å². The number of rotatable bonds is 5. The average Bonchev–Trinajstić information content (AvgIpc) is 3.04. The molecule has 2 aromatic rings. The van der Waals surface area contributed by atoms with Gasteiger partial charge in [0, 0.05) is 19.9 Å². The van der Waals surface area contributed by atoms with E-state index in [1.807, 2.05) is 0 Å². The average molecular weight is 345 g/mol. The topological polar surface area (TPSA) is 103 Å². The van der Waals surface area contributed by atoms with Gasteiger partial charge in [-0.1, -0.05) is 0 Å². The highest BCUT2D eigenvalue weighted by atomic mass is 16.5. The summed E-state index contributed by atoms with van der Waals surface area (Å²) in [4.78, 5) is 23.2. The molecule has 25 heavy (non-hydrogen) atoms. The highest BCUT2D eigenvalue weighted by molar-refractivity contribution is 5.92. The number of ether oxygens (including phenoxy) is 2. The summed E-state index contributed by atoms with van der Waals surface area (Å²) in [5.41, 5.74) is 0.533. The smallest absolute Gasteiger partial charge is 0.335 e. The van der Waals surface area contributed by atoms with Gasteiger partial charge in [-0.25, -0.2) is 4.79 Å². The molecule has 1 aliphatic heterocycles. The van der Waals surface area contributed by atoms with Gasteiger partial charge in [-0.2, -0.15) is 5.10 Å². The highest BCUT2D eigenvalue weighted by Gasteiger charge is 2.29. The highest BCUT2D eigenvalue weighted by Crippen LogP contribution is 2.19. The van der Waals surface area contributed by atoms with Crippen LogP contribution in [0.15, 0.2) is 36.5 Å². The Labute approximate surface area is 144 Å². The zero-order valence-corrected chi connectivity index (χ0v) is 13.7. The van der Waals surface area contributed by atoms with Crippen molar-refractivity contribution in [2.24, 2.45) is 7.05 Å². The van der Waals surface area contributed by atoms with Crippen molar-refractivity contribution in [3.8, 4) is 5.75 Å². The summed E-state index contributed by atoms with van der Waals surface area (Å²) in [5.74, 6) is -0.729. The Hall–Kier alpha value is -2.87. The fourth-order valence-corrected chi connectivity index (χ4v) is 2.62. The van der Waals surface area contributed by atoms with Crippen molar-refractivity contribution in [1.82, 2.24) is 15.1 Å². The van der Waals surface area contributed by atoms with Crippen molar-refractivity contribution in [2.45, 2.75) is 18.6 Å². The minimum Gasteiger partial charge on any atom is -0.486 e. The normalized spacial score (nSPS) is 20.0. The first-order valence-corrected chi connectivity index (χ1v) is 7.91. The van der Waals surface area contributed by atoms with Gasteiger partial charge in [0.25, 0.3) is 5.91 Å². The van der Waals surface area contributed by atoms with E-state index in [0.717, 1.165) is 0 Å². The molecule has 2 N–H and O–H groups in total. The summed E-state index contributed by atoms with van der Waals surface area (Å²) in [7, 11) is 1.75. The second-order valence-electron chi connectivity index (χ2n) is 5.80. The number of aryl methyl sites for hydroxylation is 1. The third kappa shape index (κ3) is 4.16. The van der Waals surface area contributed by atoms with Gasteiger partial charge in [0.2, 0.25) is 0 Å². The third-order valence-electron chi connectivity index (χ3n) is 3.96. The number of carbonyl (C=O) groups excluding carboxylic acids is 1. The van der Waals surface area contributed by atoms with Crippen LogP contribution in [0.2, 0.25) is 0 Å². The molecule has 3 rings (SSSR count). The number of carbonyl (C=O) groups is 2. The van der Waals surface area contributed by atoms with E-state index in [1.54, 1.807) is 36.1 Å². The summed E-state index contributed by atoms with van der Waals surface area (Å²) < 4.78 is 12.9. The van der Waals surface area contributed by atoms with E-state index in [9.17, 15) is 9.59 Å². The van der Waals surface area contributed by atoms with E-state index < -0.39 is 5.97 Å². The number of hydrogen-bond acceptors (Lipinski definition) is 5. The lowest BCUT2D eigenvalue weighted by Gasteiger charge is -2.32. The van der Waals surface area contributed by atoms with Gasteiger partial charge in [-0.3, -0.25) is 9.48 Å². The van der Waals surface area contributed by atoms with Gasteiger partial charge in [0.15, 0.2) is 0 Å². The quantitative estimate of drug-likeness (QED) is 0.841. The zero-order valence-electron chi connectivity index (χ0n) is 13.7. The van der Waals surface area contributed by atoms with E-state index in [-0.39, 0.29) is 23.6 Å². The molecular weight excluding hydrogens is 326 g/mol. The number of hydrogen-bond donors (Lipinski definition) is 2. The molecule has 1 aromatic heterocycles. The first-order chi connectivity index (χ1) is 12.0. The van der Waals surface area contributed by atoms with Crippen molar-refractivity contribution in [2.75, 3.05) is 13.2 Å². The Morgan fingerprint density at radius 2 is 2.08 bits per heavy atom. The maximum absolute atomic E-state index is 12.3. The van der Waals surface area contributed by atoms with Crippen LogP contribution in [-0.4, -0.2) is 52.1 Å².